The van der Waals surface area contributed by atoms with Gasteiger partial charge < -0.3 is 25.7 Å². The third-order valence-electron chi connectivity index (χ3n) is 9.60. The lowest BCUT2D eigenvalue weighted by atomic mass is 9.79. The van der Waals surface area contributed by atoms with Crippen LogP contribution in [-0.4, -0.2) is 70.1 Å². The number of nitrogens with one attached hydrogen (secondary N) is 1. The Kier molecular flexibility index (Phi) is 12.8. The summed E-state index contributed by atoms with van der Waals surface area (Å²) in [5, 5.41) is 3.46. The highest BCUT2D eigenvalue weighted by Crippen LogP contribution is 2.34. The van der Waals surface area contributed by atoms with Crippen molar-refractivity contribution in [1.82, 2.24) is 14.9 Å². The van der Waals surface area contributed by atoms with Crippen LogP contribution in [0.15, 0.2) is 6.07 Å². The van der Waals surface area contributed by atoms with Gasteiger partial charge in [-0.3, -0.25) is 9.46 Å². The van der Waals surface area contributed by atoms with Gasteiger partial charge in [0.1, 0.15) is 11.6 Å². The topological polar surface area (TPSA) is 128 Å². The van der Waals surface area contributed by atoms with E-state index >= 15 is 0 Å². The van der Waals surface area contributed by atoms with Gasteiger partial charge in [-0.2, -0.15) is 9.97 Å². The molecule has 10 heteroatoms. The Morgan fingerprint density at radius 1 is 0.825 bits per heavy atom. The summed E-state index contributed by atoms with van der Waals surface area (Å²) < 4.78 is 11.2. The van der Waals surface area contributed by atoms with E-state index in [0.717, 1.165) is 50.4 Å². The van der Waals surface area contributed by atoms with Crippen LogP contribution < -0.4 is 16.0 Å². The smallest absolute Gasteiger partial charge is 0.326 e. The highest BCUT2D eigenvalue weighted by molar-refractivity contribution is 7.51. The summed E-state index contributed by atoms with van der Waals surface area (Å²) in [4.78, 5) is 31.7. The van der Waals surface area contributed by atoms with Gasteiger partial charge >= 0.3 is 7.60 Å². The van der Waals surface area contributed by atoms with Gasteiger partial charge in [-0.1, -0.05) is 89.9 Å². The first-order valence-electron chi connectivity index (χ1n) is 16.2. The first kappa shape index (κ1) is 31.5. The summed E-state index contributed by atoms with van der Waals surface area (Å²) in [6, 6.07) is 1.82. The van der Waals surface area contributed by atoms with Crippen LogP contribution >= 0.6 is 7.60 Å². The Bertz CT molecular complexity index is 909. The molecule has 5 N–H and O–H groups in total. The molecule has 40 heavy (non-hydrogen) atoms. The molecule has 1 aliphatic heterocycles. The number of hydrogen-bond acceptors (Lipinski definition) is 7. The molecule has 0 amide bonds. The maximum absolute atomic E-state index is 11.2. The van der Waals surface area contributed by atoms with Crippen molar-refractivity contribution in [2.45, 2.75) is 103 Å². The van der Waals surface area contributed by atoms with Crippen LogP contribution in [0.1, 0.15) is 103 Å². The zero-order valence-corrected chi connectivity index (χ0v) is 25.6. The van der Waals surface area contributed by atoms with Crippen LogP contribution in [0, 0.1) is 17.8 Å². The van der Waals surface area contributed by atoms with Crippen molar-refractivity contribution in [3.63, 3.8) is 0 Å². The van der Waals surface area contributed by atoms with E-state index in [9.17, 15) is 4.57 Å². The van der Waals surface area contributed by atoms with Crippen molar-refractivity contribution >= 4 is 25.2 Å². The first-order chi connectivity index (χ1) is 19.3. The Labute approximate surface area is 242 Å². The molecule has 0 radical (unpaired) electrons. The van der Waals surface area contributed by atoms with E-state index in [4.69, 9.17) is 20.5 Å². The van der Waals surface area contributed by atoms with Gasteiger partial charge in [0.2, 0.25) is 5.95 Å². The number of nitrogen functional groups attached to an aromatic ring is 1. The summed E-state index contributed by atoms with van der Waals surface area (Å²) in [5.74, 6) is 4.52. The number of nitrogens with two attached hydrogens (primary N) is 1. The van der Waals surface area contributed by atoms with Crippen molar-refractivity contribution in [2.24, 2.45) is 17.8 Å². The molecule has 0 bridgehead atoms. The fourth-order valence-electron chi connectivity index (χ4n) is 7.00. The van der Waals surface area contributed by atoms with Gasteiger partial charge in [-0.05, 0) is 30.6 Å². The molecule has 228 valence electrons. The maximum atomic E-state index is 11.2. The van der Waals surface area contributed by atoms with E-state index < -0.39 is 7.60 Å². The monoisotopic (exact) mass is 578 g/mol. The zero-order chi connectivity index (χ0) is 28.2. The third kappa shape index (κ3) is 11.5. The number of nitrogens with zero attached hydrogens (tertiary/aromatic N) is 4. The molecule has 2 saturated carbocycles. The quantitative estimate of drug-likeness (QED) is 0.149. The molecule has 0 unspecified atom stereocenters. The summed E-state index contributed by atoms with van der Waals surface area (Å²) >= 11 is 0. The molecule has 0 aromatic carbocycles. The fourth-order valence-corrected chi connectivity index (χ4v) is 7.54. The van der Waals surface area contributed by atoms with E-state index in [1.807, 2.05) is 6.07 Å². The van der Waals surface area contributed by atoms with Crippen LogP contribution in [0.5, 0.6) is 0 Å². The second-order valence-corrected chi connectivity index (χ2v) is 14.6. The molecule has 1 saturated heterocycles. The van der Waals surface area contributed by atoms with Gasteiger partial charge in [0, 0.05) is 45.3 Å². The molecular weight excluding hydrogens is 523 g/mol. The predicted molar refractivity (Wildman–Crippen MR) is 165 cm³/mol. The minimum atomic E-state index is -3.96. The van der Waals surface area contributed by atoms with E-state index in [2.05, 4.69) is 20.1 Å². The Hall–Kier alpha value is -1.41. The minimum absolute atomic E-state index is 0.0935. The summed E-state index contributed by atoms with van der Waals surface area (Å²) in [6.45, 7) is 4.31. The van der Waals surface area contributed by atoms with E-state index in [-0.39, 0.29) is 6.16 Å². The van der Waals surface area contributed by atoms with E-state index in [1.165, 1.54) is 103 Å². The van der Waals surface area contributed by atoms with Gasteiger partial charge in [0.15, 0.2) is 0 Å². The van der Waals surface area contributed by atoms with Gasteiger partial charge in [-0.25, -0.2) is 0 Å². The lowest BCUT2D eigenvalue weighted by Crippen LogP contribution is -2.47. The Morgan fingerprint density at radius 3 is 2.08 bits per heavy atom. The molecule has 2 heterocycles. The lowest BCUT2D eigenvalue weighted by Gasteiger charge is -2.35. The van der Waals surface area contributed by atoms with Crippen molar-refractivity contribution in [3.8, 4) is 0 Å². The number of aromatic nitrogens is 2. The second kappa shape index (κ2) is 16.3. The fraction of sp³-hybridized carbons (Fsp3) is 0.867. The first-order valence-corrected chi connectivity index (χ1v) is 18.0. The van der Waals surface area contributed by atoms with E-state index in [1.54, 1.807) is 0 Å². The molecule has 1 aromatic heterocycles. The highest BCUT2D eigenvalue weighted by atomic mass is 31.2. The van der Waals surface area contributed by atoms with Crippen LogP contribution in [0.4, 0.5) is 17.6 Å². The molecule has 3 aliphatic rings. The Balaban J connectivity index is 1.07. The standard InChI is InChI=1S/C30H55N6O3P/c31-28-23-29(36-19-17-35(18-20-36)21-22-40(37,38)39)34-30(33-28)32-24-27-15-13-26(14-16-27)12-6-3-1-2-5-9-25-10-7-4-8-11-25/h23,25-27H,1-22,24H2,(H2,37,38,39)(H3,31,32,33,34). The Morgan fingerprint density at radius 2 is 1.43 bits per heavy atom. The minimum Gasteiger partial charge on any atom is -0.383 e. The van der Waals surface area contributed by atoms with Gasteiger partial charge in [0.25, 0.3) is 0 Å². The van der Waals surface area contributed by atoms with Gasteiger partial charge in [-0.15, -0.1) is 0 Å². The molecule has 3 fully saturated rings. The second-order valence-electron chi connectivity index (χ2n) is 12.8. The van der Waals surface area contributed by atoms with Crippen LogP contribution in [0.3, 0.4) is 0 Å². The van der Waals surface area contributed by atoms with Crippen molar-refractivity contribution < 1.29 is 14.4 Å². The van der Waals surface area contributed by atoms with E-state index in [0.29, 0.717) is 24.2 Å². The number of piperazine rings is 1. The normalized spacial score (nSPS) is 23.4. The predicted octanol–water partition coefficient (Wildman–Crippen LogP) is 5.89. The van der Waals surface area contributed by atoms with Crippen LogP contribution in [-0.2, 0) is 4.57 Å². The number of anilines is 3. The molecule has 0 atom stereocenters. The molecule has 0 spiro atoms. The van der Waals surface area contributed by atoms with Crippen LogP contribution in [0.2, 0.25) is 0 Å². The lowest BCUT2D eigenvalue weighted by molar-refractivity contribution is 0.263. The van der Waals surface area contributed by atoms with Crippen molar-refractivity contribution in [2.75, 3.05) is 61.4 Å². The SMILES string of the molecule is Nc1cc(N2CCN(CCP(=O)(O)O)CC2)nc(NCC2CCC(CCCCCCCC3CCCCC3)CC2)n1. The van der Waals surface area contributed by atoms with Crippen molar-refractivity contribution in [3.05, 3.63) is 6.07 Å². The molecule has 2 aliphatic carbocycles. The maximum Gasteiger partial charge on any atom is 0.326 e. The number of rotatable bonds is 15. The largest absolute Gasteiger partial charge is 0.383 e. The molecule has 4 rings (SSSR count). The van der Waals surface area contributed by atoms with Crippen molar-refractivity contribution in [1.29, 1.82) is 0 Å². The number of unbranched alkanes of at least 4 members (excludes halogenated alkanes) is 4. The van der Waals surface area contributed by atoms with Crippen LogP contribution in [0.25, 0.3) is 0 Å². The third-order valence-corrected chi connectivity index (χ3v) is 10.4. The summed E-state index contributed by atoms with van der Waals surface area (Å²) in [5.41, 5.74) is 6.12. The summed E-state index contributed by atoms with van der Waals surface area (Å²) in [7, 11) is -3.96. The van der Waals surface area contributed by atoms with Gasteiger partial charge in [0.05, 0.1) is 6.16 Å². The average molecular weight is 579 g/mol. The molecule has 1 aromatic rings. The highest BCUT2D eigenvalue weighted by Gasteiger charge is 2.23. The molecular formula is C30H55N6O3P. The zero-order valence-electron chi connectivity index (χ0n) is 24.7. The summed E-state index contributed by atoms with van der Waals surface area (Å²) in [6.07, 6.45) is 22.7. The molecule has 9 nitrogen and oxygen atoms in total. The average Bonchev–Trinajstić information content (AvgIpc) is 2.95. The number of hydrogen-bond donors (Lipinski definition) is 4.